The molecule has 156 valence electrons. The van der Waals surface area contributed by atoms with Gasteiger partial charge in [-0.2, -0.15) is 0 Å². The third-order valence-corrected chi connectivity index (χ3v) is 4.19. The van der Waals surface area contributed by atoms with E-state index in [1.54, 1.807) is 0 Å². The molecule has 0 aromatic heterocycles. The van der Waals surface area contributed by atoms with Crippen molar-refractivity contribution < 1.29 is 23.9 Å². The summed E-state index contributed by atoms with van der Waals surface area (Å²) < 4.78 is 4.60. The maximum Gasteiger partial charge on any atom is 0.337 e. The Kier molecular flexibility index (Phi) is 7.52. The lowest BCUT2D eigenvalue weighted by molar-refractivity contribution is -0.138. The van der Waals surface area contributed by atoms with E-state index in [2.05, 4.69) is 25.7 Å². The fourth-order valence-corrected chi connectivity index (χ4v) is 2.73. The molecule has 29 heavy (non-hydrogen) atoms. The van der Waals surface area contributed by atoms with Gasteiger partial charge in [-0.3, -0.25) is 19.4 Å². The molecule has 3 amide bonds. The molecule has 0 unspecified atom stereocenters. The number of esters is 1. The fraction of sp³-hybridized carbons (Fsp3) is 0.389. The summed E-state index contributed by atoms with van der Waals surface area (Å²) in [6, 6.07) is 4.42. The molecular weight excluding hydrogens is 380 g/mol. The van der Waals surface area contributed by atoms with Gasteiger partial charge in [-0.15, -0.1) is 0 Å². The Hall–Kier alpha value is -3.63. The molecule has 1 heterocycles. The largest absolute Gasteiger partial charge is 0.465 e. The Morgan fingerprint density at radius 3 is 2.34 bits per heavy atom. The first-order chi connectivity index (χ1) is 13.8. The Morgan fingerprint density at radius 2 is 1.72 bits per heavy atom. The lowest BCUT2D eigenvalue weighted by Crippen LogP contribution is -2.62. The van der Waals surface area contributed by atoms with Crippen LogP contribution in [0.25, 0.3) is 0 Å². The van der Waals surface area contributed by atoms with Crippen molar-refractivity contribution in [2.24, 2.45) is 16.5 Å². The first-order valence-electron chi connectivity index (χ1n) is 8.94. The van der Waals surface area contributed by atoms with Crippen LogP contribution >= 0.6 is 0 Å². The van der Waals surface area contributed by atoms with Crippen molar-refractivity contribution in [1.29, 1.82) is 0 Å². The maximum atomic E-state index is 12.2. The average molecular weight is 404 g/mol. The van der Waals surface area contributed by atoms with Crippen molar-refractivity contribution in [2.45, 2.75) is 31.3 Å². The highest BCUT2D eigenvalue weighted by atomic mass is 16.5. The van der Waals surface area contributed by atoms with Crippen molar-refractivity contribution in [2.75, 3.05) is 19.0 Å². The van der Waals surface area contributed by atoms with Crippen molar-refractivity contribution in [3.8, 4) is 0 Å². The van der Waals surface area contributed by atoms with E-state index in [4.69, 9.17) is 11.5 Å². The summed E-state index contributed by atoms with van der Waals surface area (Å²) in [6.07, 6.45) is 0.667. The highest BCUT2D eigenvalue weighted by Gasteiger charge is 2.34. The topological polar surface area (TPSA) is 178 Å². The molecule has 0 spiro atoms. The molecule has 1 aliphatic rings. The minimum Gasteiger partial charge on any atom is -0.465 e. The molecule has 0 aliphatic carbocycles. The smallest absolute Gasteiger partial charge is 0.337 e. The van der Waals surface area contributed by atoms with Gasteiger partial charge in [0.1, 0.15) is 12.1 Å². The molecular formula is C18H24N6O5. The summed E-state index contributed by atoms with van der Waals surface area (Å²) in [6.45, 7) is 0.350. The second-order valence-electron chi connectivity index (χ2n) is 6.39. The lowest BCUT2D eigenvalue weighted by Gasteiger charge is -2.29. The quantitative estimate of drug-likeness (QED) is 0.157. The maximum absolute atomic E-state index is 12.2. The molecule has 1 aliphatic heterocycles. The number of benzene rings is 1. The Labute approximate surface area is 167 Å². The van der Waals surface area contributed by atoms with Crippen LogP contribution in [0.3, 0.4) is 0 Å². The number of nitrogens with zero attached hydrogens (tertiary/aromatic N) is 1. The number of piperazine rings is 1. The summed E-state index contributed by atoms with van der Waals surface area (Å²) in [4.78, 5) is 51.8. The molecule has 1 aromatic carbocycles. The van der Waals surface area contributed by atoms with Crippen LogP contribution in [0, 0.1) is 0 Å². The van der Waals surface area contributed by atoms with E-state index in [1.165, 1.54) is 31.4 Å². The third kappa shape index (κ3) is 6.48. The number of nitrogens with two attached hydrogens (primary N) is 2. The van der Waals surface area contributed by atoms with Gasteiger partial charge in [0.2, 0.25) is 17.7 Å². The Morgan fingerprint density at radius 1 is 1.10 bits per heavy atom. The van der Waals surface area contributed by atoms with Gasteiger partial charge < -0.3 is 32.2 Å². The standard InChI is InChI=1S/C18H24N6O5/c1-29-17(28)10-4-6-11(7-5-10)22-14(25)9-13-16(27)23-12(15(26)24-13)3-2-8-21-18(19)20/h4-7,12-13H,2-3,8-9H2,1H3,(H,22,25)(H,23,27)(H,24,26)(H4,19,20,21)/t12-,13-/m0/s1. The second kappa shape index (κ2) is 10.1. The Balaban J connectivity index is 1.83. The van der Waals surface area contributed by atoms with Crippen LogP contribution in [0.5, 0.6) is 0 Å². The van der Waals surface area contributed by atoms with E-state index in [0.717, 1.165) is 0 Å². The summed E-state index contributed by atoms with van der Waals surface area (Å²) in [5.74, 6) is -1.78. The van der Waals surface area contributed by atoms with Crippen LogP contribution in [0.15, 0.2) is 29.3 Å². The van der Waals surface area contributed by atoms with Crippen LogP contribution in [0.2, 0.25) is 0 Å². The minimum atomic E-state index is -0.967. The molecule has 1 aromatic rings. The van der Waals surface area contributed by atoms with E-state index in [-0.39, 0.29) is 18.3 Å². The number of ether oxygens (including phenoxy) is 1. The highest BCUT2D eigenvalue weighted by Crippen LogP contribution is 2.12. The van der Waals surface area contributed by atoms with Gasteiger partial charge in [-0.05, 0) is 37.1 Å². The zero-order chi connectivity index (χ0) is 21.4. The predicted molar refractivity (Wildman–Crippen MR) is 105 cm³/mol. The summed E-state index contributed by atoms with van der Waals surface area (Å²) >= 11 is 0. The number of carbonyl (C=O) groups excluding carboxylic acids is 4. The molecule has 7 N–H and O–H groups in total. The monoisotopic (exact) mass is 404 g/mol. The lowest BCUT2D eigenvalue weighted by atomic mass is 10.0. The van der Waals surface area contributed by atoms with Crippen molar-refractivity contribution in [1.82, 2.24) is 10.6 Å². The second-order valence-corrected chi connectivity index (χ2v) is 6.39. The number of carbonyl (C=O) groups is 4. The molecule has 2 atom stereocenters. The molecule has 2 rings (SSSR count). The molecule has 11 heteroatoms. The van der Waals surface area contributed by atoms with E-state index in [9.17, 15) is 19.2 Å². The SMILES string of the molecule is COC(=O)c1ccc(NC(=O)C[C@@H]2NC(=O)[C@H](CCCN=C(N)N)NC2=O)cc1. The summed E-state index contributed by atoms with van der Waals surface area (Å²) in [7, 11) is 1.27. The minimum absolute atomic E-state index is 0.0341. The van der Waals surface area contributed by atoms with Gasteiger partial charge in [-0.1, -0.05) is 0 Å². The summed E-state index contributed by atoms with van der Waals surface area (Å²) in [5, 5.41) is 7.77. The van der Waals surface area contributed by atoms with Crippen molar-refractivity contribution in [3.63, 3.8) is 0 Å². The predicted octanol–water partition coefficient (Wildman–Crippen LogP) is -1.16. The van der Waals surface area contributed by atoms with Crippen LogP contribution in [0.1, 0.15) is 29.6 Å². The van der Waals surface area contributed by atoms with Gasteiger partial charge in [-0.25, -0.2) is 4.79 Å². The number of anilines is 1. The molecule has 1 saturated heterocycles. The first kappa shape index (κ1) is 21.7. The number of nitrogens with one attached hydrogen (secondary N) is 3. The number of hydrogen-bond acceptors (Lipinski definition) is 6. The molecule has 0 radical (unpaired) electrons. The van der Waals surface area contributed by atoms with E-state index in [0.29, 0.717) is 30.6 Å². The van der Waals surface area contributed by atoms with E-state index < -0.39 is 29.9 Å². The van der Waals surface area contributed by atoms with Crippen LogP contribution < -0.4 is 27.4 Å². The highest BCUT2D eigenvalue weighted by molar-refractivity contribution is 6.01. The molecule has 1 fully saturated rings. The van der Waals surface area contributed by atoms with Crippen LogP contribution in [0.4, 0.5) is 5.69 Å². The number of amides is 3. The number of hydrogen-bond donors (Lipinski definition) is 5. The number of aliphatic imine (C=N–C) groups is 1. The molecule has 0 bridgehead atoms. The Bertz CT molecular complexity index is 803. The van der Waals surface area contributed by atoms with Crippen molar-refractivity contribution in [3.05, 3.63) is 29.8 Å². The third-order valence-electron chi connectivity index (χ3n) is 4.19. The van der Waals surface area contributed by atoms with E-state index in [1.807, 2.05) is 0 Å². The first-order valence-corrected chi connectivity index (χ1v) is 8.94. The number of methoxy groups -OCH3 is 1. The fourth-order valence-electron chi connectivity index (χ4n) is 2.73. The zero-order valence-electron chi connectivity index (χ0n) is 15.9. The van der Waals surface area contributed by atoms with Gasteiger partial charge >= 0.3 is 5.97 Å². The van der Waals surface area contributed by atoms with Crippen LogP contribution in [-0.4, -0.2) is 55.4 Å². The van der Waals surface area contributed by atoms with Gasteiger partial charge in [0, 0.05) is 12.2 Å². The molecule has 0 saturated carbocycles. The van der Waals surface area contributed by atoms with E-state index >= 15 is 0 Å². The van der Waals surface area contributed by atoms with Crippen molar-refractivity contribution >= 4 is 35.3 Å². The number of rotatable bonds is 8. The normalized spacial score (nSPS) is 18.2. The van der Waals surface area contributed by atoms with Crippen LogP contribution in [-0.2, 0) is 19.1 Å². The van der Waals surface area contributed by atoms with Gasteiger partial charge in [0.25, 0.3) is 0 Å². The average Bonchev–Trinajstić information content (AvgIpc) is 2.68. The zero-order valence-corrected chi connectivity index (χ0v) is 15.9. The van der Waals surface area contributed by atoms with Gasteiger partial charge in [0.05, 0.1) is 19.1 Å². The summed E-state index contributed by atoms with van der Waals surface area (Å²) in [5.41, 5.74) is 11.2. The molecule has 11 nitrogen and oxygen atoms in total. The van der Waals surface area contributed by atoms with Gasteiger partial charge in [0.15, 0.2) is 5.96 Å². The number of guanidine groups is 1.